The van der Waals surface area contributed by atoms with Gasteiger partial charge < -0.3 is 5.73 Å². The fourth-order valence-corrected chi connectivity index (χ4v) is 3.95. The molecule has 0 amide bonds. The maximum atomic E-state index is 10.7. The number of nitro benzene ring substituents is 1. The molecule has 1 aromatic carbocycles. The molecule has 4 unspecified atom stereocenters. The van der Waals surface area contributed by atoms with Crippen LogP contribution >= 0.6 is 0 Å². The fourth-order valence-electron chi connectivity index (χ4n) is 3.95. The molecule has 2 N–H and O–H groups in total. The van der Waals surface area contributed by atoms with Crippen molar-refractivity contribution in [2.75, 3.05) is 13.1 Å². The minimum Gasteiger partial charge on any atom is -0.327 e. The molecule has 1 aliphatic carbocycles. The van der Waals surface area contributed by atoms with E-state index in [2.05, 4.69) is 11.8 Å². The molecule has 114 valence electrons. The molecule has 3 rings (SSSR count). The maximum Gasteiger partial charge on any atom is 0.269 e. The van der Waals surface area contributed by atoms with Crippen LogP contribution in [0.5, 0.6) is 0 Å². The van der Waals surface area contributed by atoms with Gasteiger partial charge in [0.1, 0.15) is 0 Å². The highest BCUT2D eigenvalue weighted by molar-refractivity contribution is 5.34. The van der Waals surface area contributed by atoms with E-state index in [0.29, 0.717) is 18.0 Å². The van der Waals surface area contributed by atoms with Gasteiger partial charge in [0.25, 0.3) is 5.69 Å². The predicted octanol–water partition coefficient (Wildman–Crippen LogP) is 2.71. The van der Waals surface area contributed by atoms with E-state index in [1.54, 1.807) is 12.1 Å². The van der Waals surface area contributed by atoms with Crippen LogP contribution in [-0.2, 0) is 0 Å². The Morgan fingerprint density at radius 3 is 2.62 bits per heavy atom. The molecule has 1 aliphatic heterocycles. The number of fused-ring (bicyclic) bond motifs is 1. The number of nitrogens with two attached hydrogens (primary N) is 1. The summed E-state index contributed by atoms with van der Waals surface area (Å²) in [6, 6.07) is 7.60. The Hall–Kier alpha value is -1.46. The number of hydrogen-bond donors (Lipinski definition) is 1. The molecule has 0 spiro atoms. The van der Waals surface area contributed by atoms with Crippen molar-refractivity contribution in [1.29, 1.82) is 0 Å². The summed E-state index contributed by atoms with van der Waals surface area (Å²) in [5.41, 5.74) is 7.57. The molecule has 0 radical (unpaired) electrons. The van der Waals surface area contributed by atoms with E-state index < -0.39 is 0 Å². The average Bonchev–Trinajstić information content (AvgIpc) is 2.92. The third kappa shape index (κ3) is 2.80. The van der Waals surface area contributed by atoms with Gasteiger partial charge >= 0.3 is 0 Å². The first-order valence-corrected chi connectivity index (χ1v) is 7.80. The Bertz CT molecular complexity index is 517. The lowest BCUT2D eigenvalue weighted by Crippen LogP contribution is -2.38. The third-order valence-electron chi connectivity index (χ3n) is 5.32. The van der Waals surface area contributed by atoms with Crippen LogP contribution in [0.2, 0.25) is 0 Å². The molecular formula is C16H23N3O2. The smallest absolute Gasteiger partial charge is 0.269 e. The van der Waals surface area contributed by atoms with E-state index >= 15 is 0 Å². The lowest BCUT2D eigenvalue weighted by atomic mass is 9.78. The van der Waals surface area contributed by atoms with Gasteiger partial charge in [0, 0.05) is 37.3 Å². The normalized spacial score (nSPS) is 30.9. The third-order valence-corrected chi connectivity index (χ3v) is 5.32. The van der Waals surface area contributed by atoms with E-state index in [-0.39, 0.29) is 10.6 Å². The van der Waals surface area contributed by atoms with E-state index in [0.717, 1.165) is 31.0 Å². The Morgan fingerprint density at radius 2 is 2.00 bits per heavy atom. The van der Waals surface area contributed by atoms with Crippen LogP contribution in [0.4, 0.5) is 5.69 Å². The van der Waals surface area contributed by atoms with Crippen LogP contribution in [0, 0.1) is 22.0 Å². The summed E-state index contributed by atoms with van der Waals surface area (Å²) >= 11 is 0. The zero-order valence-electron chi connectivity index (χ0n) is 12.4. The summed E-state index contributed by atoms with van der Waals surface area (Å²) in [6.07, 6.45) is 3.70. The zero-order chi connectivity index (χ0) is 15.0. The number of nitrogens with zero attached hydrogens (tertiary/aromatic N) is 2. The van der Waals surface area contributed by atoms with Crippen LogP contribution in [0.3, 0.4) is 0 Å². The molecule has 1 saturated heterocycles. The molecule has 1 heterocycles. The van der Waals surface area contributed by atoms with Gasteiger partial charge in [0.15, 0.2) is 0 Å². The van der Waals surface area contributed by atoms with Crippen molar-refractivity contribution in [3.8, 4) is 0 Å². The van der Waals surface area contributed by atoms with Gasteiger partial charge in [-0.3, -0.25) is 15.0 Å². The van der Waals surface area contributed by atoms with Gasteiger partial charge in [-0.05, 0) is 37.2 Å². The van der Waals surface area contributed by atoms with Crippen molar-refractivity contribution in [3.05, 3.63) is 39.9 Å². The molecule has 4 atom stereocenters. The number of likely N-dealkylation sites (tertiary alicyclic amines) is 1. The zero-order valence-corrected chi connectivity index (χ0v) is 12.4. The first-order chi connectivity index (χ1) is 10.1. The summed E-state index contributed by atoms with van der Waals surface area (Å²) in [5.74, 6) is 1.36. The molecular weight excluding hydrogens is 266 g/mol. The maximum absolute atomic E-state index is 10.7. The first kappa shape index (κ1) is 14.5. The van der Waals surface area contributed by atoms with E-state index in [1.165, 1.54) is 12.8 Å². The summed E-state index contributed by atoms with van der Waals surface area (Å²) in [7, 11) is 0. The largest absolute Gasteiger partial charge is 0.327 e. The number of rotatable bonds is 3. The van der Waals surface area contributed by atoms with E-state index in [1.807, 2.05) is 12.1 Å². The molecule has 1 aromatic rings. The van der Waals surface area contributed by atoms with Gasteiger partial charge in [-0.2, -0.15) is 0 Å². The van der Waals surface area contributed by atoms with Crippen molar-refractivity contribution < 1.29 is 4.92 Å². The molecule has 5 heteroatoms. The van der Waals surface area contributed by atoms with Gasteiger partial charge in [-0.1, -0.05) is 18.6 Å². The van der Waals surface area contributed by atoms with Crippen molar-refractivity contribution in [2.45, 2.75) is 38.3 Å². The summed E-state index contributed by atoms with van der Waals surface area (Å²) in [5, 5.41) is 10.7. The molecule has 5 nitrogen and oxygen atoms in total. The topological polar surface area (TPSA) is 72.4 Å². The highest BCUT2D eigenvalue weighted by atomic mass is 16.6. The van der Waals surface area contributed by atoms with Crippen molar-refractivity contribution in [1.82, 2.24) is 4.90 Å². The Kier molecular flexibility index (Phi) is 3.95. The van der Waals surface area contributed by atoms with Crippen molar-refractivity contribution >= 4 is 5.69 Å². The average molecular weight is 289 g/mol. The Balaban J connectivity index is 1.71. The lowest BCUT2D eigenvalue weighted by molar-refractivity contribution is -0.384. The van der Waals surface area contributed by atoms with Crippen LogP contribution in [0.25, 0.3) is 0 Å². The minimum absolute atomic E-state index is 0.156. The van der Waals surface area contributed by atoms with Gasteiger partial charge in [0.05, 0.1) is 4.92 Å². The Morgan fingerprint density at radius 1 is 1.29 bits per heavy atom. The number of non-ortho nitro benzene ring substituents is 1. The monoisotopic (exact) mass is 289 g/mol. The fraction of sp³-hybridized carbons (Fsp3) is 0.625. The predicted molar refractivity (Wildman–Crippen MR) is 81.9 cm³/mol. The standard InChI is InChI=1S/C16H23N3O2/c1-11(12-5-7-14(8-6-12)19(20)21)18-9-13-3-2-4-16(17)15(13)10-18/h5-8,11,13,15-16H,2-4,9-10,17H2,1H3. The van der Waals surface area contributed by atoms with Gasteiger partial charge in [0.2, 0.25) is 0 Å². The molecule has 21 heavy (non-hydrogen) atoms. The molecule has 2 fully saturated rings. The Labute approximate surface area is 125 Å². The molecule has 1 saturated carbocycles. The van der Waals surface area contributed by atoms with Crippen molar-refractivity contribution in [3.63, 3.8) is 0 Å². The second kappa shape index (κ2) is 5.73. The number of benzene rings is 1. The number of hydrogen-bond acceptors (Lipinski definition) is 4. The lowest BCUT2D eigenvalue weighted by Gasteiger charge is -2.30. The van der Waals surface area contributed by atoms with Gasteiger partial charge in [-0.25, -0.2) is 0 Å². The van der Waals surface area contributed by atoms with Gasteiger partial charge in [-0.15, -0.1) is 0 Å². The van der Waals surface area contributed by atoms with Crippen LogP contribution in [0.1, 0.15) is 37.8 Å². The van der Waals surface area contributed by atoms with E-state index in [4.69, 9.17) is 5.73 Å². The SMILES string of the molecule is CC(c1ccc([N+](=O)[O-])cc1)N1CC2CCCC(N)C2C1. The van der Waals surface area contributed by atoms with Crippen LogP contribution in [-0.4, -0.2) is 29.0 Å². The van der Waals surface area contributed by atoms with Crippen LogP contribution in [0.15, 0.2) is 24.3 Å². The van der Waals surface area contributed by atoms with Crippen molar-refractivity contribution in [2.24, 2.45) is 17.6 Å². The number of nitro groups is 1. The summed E-state index contributed by atoms with van der Waals surface area (Å²) < 4.78 is 0. The highest BCUT2D eigenvalue weighted by Gasteiger charge is 2.40. The second-order valence-corrected chi connectivity index (χ2v) is 6.50. The van der Waals surface area contributed by atoms with E-state index in [9.17, 15) is 10.1 Å². The quantitative estimate of drug-likeness (QED) is 0.686. The summed E-state index contributed by atoms with van der Waals surface area (Å²) in [6.45, 7) is 4.35. The highest BCUT2D eigenvalue weighted by Crippen LogP contribution is 2.39. The minimum atomic E-state index is -0.349. The summed E-state index contributed by atoms with van der Waals surface area (Å²) in [4.78, 5) is 12.9. The second-order valence-electron chi connectivity index (χ2n) is 6.50. The first-order valence-electron chi connectivity index (χ1n) is 7.80. The molecule has 2 aliphatic rings. The van der Waals surface area contributed by atoms with Crippen LogP contribution < -0.4 is 5.73 Å². The molecule has 0 aromatic heterocycles. The molecule has 0 bridgehead atoms.